The second-order valence-corrected chi connectivity index (χ2v) is 6.28. The fourth-order valence-corrected chi connectivity index (χ4v) is 3.94. The smallest absolute Gasteiger partial charge is 0.221 e. The van der Waals surface area contributed by atoms with Crippen LogP contribution in [0.1, 0.15) is 6.92 Å². The summed E-state index contributed by atoms with van der Waals surface area (Å²) in [5.41, 5.74) is 0.870. The number of carbonyl (C=O) groups excluding carboxylic acids is 1. The summed E-state index contributed by atoms with van der Waals surface area (Å²) in [5.74, 6) is -0.0472. The average Bonchev–Trinajstić information content (AvgIpc) is 2.60. The summed E-state index contributed by atoms with van der Waals surface area (Å²) < 4.78 is 0. The quantitative estimate of drug-likeness (QED) is 0.312. The zero-order valence-electron chi connectivity index (χ0n) is 13.3. The number of hydrogen-bond acceptors (Lipinski definition) is 1. The molecule has 24 heavy (non-hydrogen) atoms. The van der Waals surface area contributed by atoms with Crippen LogP contribution in [0.5, 0.6) is 0 Å². The lowest BCUT2D eigenvalue weighted by Crippen LogP contribution is -2.06. The maximum atomic E-state index is 11.6. The number of fused-ring (bicyclic) bond motifs is 2. The predicted octanol–water partition coefficient (Wildman–Crippen LogP) is 5.70. The molecule has 5 aromatic rings. The molecular formula is C22H15NO. The molecule has 2 heteroatoms. The highest BCUT2D eigenvalue weighted by atomic mass is 16.1. The van der Waals surface area contributed by atoms with Gasteiger partial charge in [0.15, 0.2) is 0 Å². The van der Waals surface area contributed by atoms with E-state index in [1.807, 2.05) is 6.07 Å². The van der Waals surface area contributed by atoms with E-state index in [4.69, 9.17) is 0 Å². The van der Waals surface area contributed by atoms with Crippen LogP contribution in [-0.4, -0.2) is 5.91 Å². The van der Waals surface area contributed by atoms with E-state index < -0.39 is 0 Å². The number of rotatable bonds is 1. The largest absolute Gasteiger partial charge is 0.326 e. The van der Waals surface area contributed by atoms with Crippen molar-refractivity contribution >= 4 is 54.7 Å². The number of amides is 1. The van der Waals surface area contributed by atoms with Gasteiger partial charge in [0.25, 0.3) is 0 Å². The topological polar surface area (TPSA) is 29.1 Å². The third-order valence-corrected chi connectivity index (χ3v) is 4.84. The fraction of sp³-hybridized carbons (Fsp3) is 0.0455. The van der Waals surface area contributed by atoms with Crippen LogP contribution in [0.3, 0.4) is 0 Å². The van der Waals surface area contributed by atoms with E-state index in [1.165, 1.54) is 37.7 Å². The number of benzene rings is 5. The number of hydrogen-bond donors (Lipinski definition) is 1. The lowest BCUT2D eigenvalue weighted by atomic mass is 9.89. The van der Waals surface area contributed by atoms with Crippen LogP contribution in [0.15, 0.2) is 66.7 Å². The van der Waals surface area contributed by atoms with Gasteiger partial charge in [-0.25, -0.2) is 0 Å². The summed E-state index contributed by atoms with van der Waals surface area (Å²) in [6.07, 6.45) is 0. The van der Waals surface area contributed by atoms with Gasteiger partial charge in [-0.05, 0) is 43.8 Å². The minimum atomic E-state index is -0.0472. The van der Waals surface area contributed by atoms with Gasteiger partial charge in [0.05, 0.1) is 0 Å². The summed E-state index contributed by atoms with van der Waals surface area (Å²) in [5, 5.41) is 12.8. The molecule has 5 aromatic carbocycles. The molecule has 0 aliphatic heterocycles. The Hall–Kier alpha value is -3.13. The Kier molecular flexibility index (Phi) is 2.60. The molecule has 0 spiro atoms. The molecule has 0 radical (unpaired) electrons. The van der Waals surface area contributed by atoms with E-state index in [0.29, 0.717) is 0 Å². The normalized spacial score (nSPS) is 11.7. The molecule has 0 saturated heterocycles. The Bertz CT molecular complexity index is 1200. The SMILES string of the molecule is CC(=O)Nc1ccc2c3cccc4cccc(c5cccc1c52)c43. The number of carbonyl (C=O) groups is 1. The third-order valence-electron chi connectivity index (χ3n) is 4.84. The van der Waals surface area contributed by atoms with E-state index in [0.717, 1.165) is 11.1 Å². The van der Waals surface area contributed by atoms with Crippen molar-refractivity contribution in [3.63, 3.8) is 0 Å². The molecule has 0 aromatic heterocycles. The van der Waals surface area contributed by atoms with Crippen molar-refractivity contribution in [1.29, 1.82) is 0 Å². The molecule has 0 aliphatic rings. The van der Waals surface area contributed by atoms with Crippen LogP contribution < -0.4 is 5.32 Å². The van der Waals surface area contributed by atoms with Crippen LogP contribution in [0.4, 0.5) is 5.69 Å². The van der Waals surface area contributed by atoms with Crippen molar-refractivity contribution in [1.82, 2.24) is 0 Å². The summed E-state index contributed by atoms with van der Waals surface area (Å²) >= 11 is 0. The molecule has 2 nitrogen and oxygen atoms in total. The van der Waals surface area contributed by atoms with Crippen LogP contribution >= 0.6 is 0 Å². The maximum absolute atomic E-state index is 11.6. The molecule has 0 atom stereocenters. The molecule has 0 aliphatic carbocycles. The zero-order chi connectivity index (χ0) is 16.3. The lowest BCUT2D eigenvalue weighted by Gasteiger charge is -2.16. The van der Waals surface area contributed by atoms with Gasteiger partial charge in [-0.3, -0.25) is 4.79 Å². The van der Waals surface area contributed by atoms with Gasteiger partial charge in [-0.15, -0.1) is 0 Å². The van der Waals surface area contributed by atoms with Gasteiger partial charge >= 0.3 is 0 Å². The summed E-state index contributed by atoms with van der Waals surface area (Å²) in [7, 11) is 0. The van der Waals surface area contributed by atoms with E-state index in [1.54, 1.807) is 6.92 Å². The van der Waals surface area contributed by atoms with Crippen molar-refractivity contribution in [2.24, 2.45) is 0 Å². The maximum Gasteiger partial charge on any atom is 0.221 e. The first-order valence-corrected chi connectivity index (χ1v) is 8.10. The highest BCUT2D eigenvalue weighted by Gasteiger charge is 2.14. The molecule has 0 fully saturated rings. The summed E-state index contributed by atoms with van der Waals surface area (Å²) in [4.78, 5) is 11.6. The van der Waals surface area contributed by atoms with Gasteiger partial charge in [-0.2, -0.15) is 0 Å². The van der Waals surface area contributed by atoms with Crippen molar-refractivity contribution in [3.05, 3.63) is 66.7 Å². The van der Waals surface area contributed by atoms with E-state index in [9.17, 15) is 4.79 Å². The Morgan fingerprint density at radius 2 is 1.21 bits per heavy atom. The molecule has 0 saturated carbocycles. The molecule has 1 amide bonds. The molecule has 5 rings (SSSR count). The van der Waals surface area contributed by atoms with Crippen molar-refractivity contribution < 1.29 is 4.79 Å². The van der Waals surface area contributed by atoms with Crippen molar-refractivity contribution in [3.8, 4) is 0 Å². The summed E-state index contributed by atoms with van der Waals surface area (Å²) in [6, 6.07) is 23.4. The zero-order valence-corrected chi connectivity index (χ0v) is 13.3. The number of anilines is 1. The van der Waals surface area contributed by atoms with Gasteiger partial charge in [0, 0.05) is 18.0 Å². The van der Waals surface area contributed by atoms with Gasteiger partial charge < -0.3 is 5.32 Å². The standard InChI is InChI=1S/C22H15NO/c1-13(24)23-20-12-11-18-16-8-3-6-14-5-2-7-15(21(14)16)17-9-4-10-19(20)22(17)18/h2-12H,1H3,(H,23,24). The third kappa shape index (κ3) is 1.68. The van der Waals surface area contributed by atoms with E-state index in [-0.39, 0.29) is 5.91 Å². The van der Waals surface area contributed by atoms with Crippen LogP contribution in [0, 0.1) is 0 Å². The van der Waals surface area contributed by atoms with Gasteiger partial charge in [0.2, 0.25) is 5.91 Å². The minimum absolute atomic E-state index is 0.0472. The Balaban J connectivity index is 2.09. The Morgan fingerprint density at radius 1 is 0.667 bits per heavy atom. The predicted molar refractivity (Wildman–Crippen MR) is 102 cm³/mol. The van der Waals surface area contributed by atoms with Gasteiger partial charge in [-0.1, -0.05) is 60.7 Å². The monoisotopic (exact) mass is 309 g/mol. The molecule has 0 heterocycles. The lowest BCUT2D eigenvalue weighted by molar-refractivity contribution is -0.114. The van der Waals surface area contributed by atoms with Crippen molar-refractivity contribution in [2.45, 2.75) is 6.92 Å². The van der Waals surface area contributed by atoms with Crippen LogP contribution in [0.2, 0.25) is 0 Å². The summed E-state index contributed by atoms with van der Waals surface area (Å²) in [6.45, 7) is 1.55. The Labute approximate surface area is 139 Å². The first-order chi connectivity index (χ1) is 11.7. The molecule has 1 N–H and O–H groups in total. The second-order valence-electron chi connectivity index (χ2n) is 6.28. The first kappa shape index (κ1) is 13.3. The fourth-order valence-electron chi connectivity index (χ4n) is 3.94. The van der Waals surface area contributed by atoms with Crippen LogP contribution in [0.25, 0.3) is 43.1 Å². The van der Waals surface area contributed by atoms with E-state index >= 15 is 0 Å². The van der Waals surface area contributed by atoms with Crippen molar-refractivity contribution in [2.75, 3.05) is 5.32 Å². The molecule has 114 valence electrons. The molecular weight excluding hydrogens is 294 g/mol. The second kappa shape index (κ2) is 4.68. The minimum Gasteiger partial charge on any atom is -0.326 e. The highest BCUT2D eigenvalue weighted by Crippen LogP contribution is 2.41. The molecule has 0 unspecified atom stereocenters. The van der Waals surface area contributed by atoms with Crippen LogP contribution in [-0.2, 0) is 4.79 Å². The average molecular weight is 309 g/mol. The first-order valence-electron chi connectivity index (χ1n) is 8.10. The Morgan fingerprint density at radius 3 is 1.88 bits per heavy atom. The van der Waals surface area contributed by atoms with E-state index in [2.05, 4.69) is 66.0 Å². The highest BCUT2D eigenvalue weighted by molar-refractivity contribution is 6.34. The molecule has 0 bridgehead atoms. The number of nitrogens with one attached hydrogen (secondary N) is 1. The van der Waals surface area contributed by atoms with Gasteiger partial charge in [0.1, 0.15) is 0 Å².